The van der Waals surface area contributed by atoms with Gasteiger partial charge in [-0.3, -0.25) is 4.79 Å². The van der Waals surface area contributed by atoms with Gasteiger partial charge in [0.05, 0.1) is 12.2 Å². The van der Waals surface area contributed by atoms with Crippen molar-refractivity contribution in [3.63, 3.8) is 0 Å². The van der Waals surface area contributed by atoms with Crippen molar-refractivity contribution in [3.8, 4) is 0 Å². The van der Waals surface area contributed by atoms with Gasteiger partial charge in [-0.25, -0.2) is 9.97 Å². The molecular formula is C19H26ClN5OS. The highest BCUT2D eigenvalue weighted by atomic mass is 35.5. The summed E-state index contributed by atoms with van der Waals surface area (Å²) >= 11 is 7.30. The third-order valence-corrected chi connectivity index (χ3v) is 5.78. The highest BCUT2D eigenvalue weighted by molar-refractivity contribution is 7.19. The number of carbonyl (C=O) groups is 1. The Labute approximate surface area is 169 Å². The number of amides is 1. The molecule has 2 aromatic heterocycles. The van der Waals surface area contributed by atoms with E-state index in [2.05, 4.69) is 24.1 Å². The molecule has 1 unspecified atom stereocenters. The van der Waals surface area contributed by atoms with E-state index in [0.717, 1.165) is 49.0 Å². The lowest BCUT2D eigenvalue weighted by molar-refractivity contribution is -0.134. The number of nitrogens with one attached hydrogen (secondary N) is 1. The molecule has 0 radical (unpaired) electrons. The second kappa shape index (κ2) is 8.99. The predicted octanol–water partition coefficient (Wildman–Crippen LogP) is 4.01. The van der Waals surface area contributed by atoms with Crippen LogP contribution in [0, 0.1) is 5.92 Å². The number of rotatable bonds is 6. The highest BCUT2D eigenvalue weighted by Crippen LogP contribution is 2.29. The van der Waals surface area contributed by atoms with Gasteiger partial charge < -0.3 is 16.0 Å². The third-order valence-electron chi connectivity index (χ3n) is 4.75. The minimum atomic E-state index is -0.391. The molecule has 0 aromatic carbocycles. The number of nitrogens with zero attached hydrogens (tertiary/aromatic N) is 3. The molecule has 1 saturated heterocycles. The van der Waals surface area contributed by atoms with Crippen LogP contribution in [0.5, 0.6) is 0 Å². The van der Waals surface area contributed by atoms with Crippen molar-refractivity contribution in [1.82, 2.24) is 14.9 Å². The van der Waals surface area contributed by atoms with Crippen molar-refractivity contribution < 1.29 is 4.79 Å². The Kier molecular flexibility index (Phi) is 6.68. The van der Waals surface area contributed by atoms with Crippen molar-refractivity contribution in [2.75, 3.05) is 18.4 Å². The molecule has 1 fully saturated rings. The minimum Gasteiger partial charge on any atom is -0.341 e. The number of likely N-dealkylation sites (tertiary alicyclic amines) is 1. The number of hydrogen-bond acceptors (Lipinski definition) is 6. The summed E-state index contributed by atoms with van der Waals surface area (Å²) in [6.07, 6.45) is 4.16. The molecular weight excluding hydrogens is 382 g/mol. The lowest BCUT2D eigenvalue weighted by Crippen LogP contribution is -2.47. The van der Waals surface area contributed by atoms with Gasteiger partial charge >= 0.3 is 0 Å². The molecule has 0 saturated carbocycles. The van der Waals surface area contributed by atoms with Gasteiger partial charge in [-0.05, 0) is 37.3 Å². The largest absolute Gasteiger partial charge is 0.341 e. The summed E-state index contributed by atoms with van der Waals surface area (Å²) in [4.78, 5) is 23.3. The molecule has 1 atom stereocenters. The van der Waals surface area contributed by atoms with Crippen LogP contribution in [0.3, 0.4) is 0 Å². The molecule has 6 nitrogen and oxygen atoms in total. The molecule has 3 heterocycles. The molecule has 1 aliphatic heterocycles. The summed E-state index contributed by atoms with van der Waals surface area (Å²) in [5.74, 6) is 1.60. The number of pyridine rings is 1. The van der Waals surface area contributed by atoms with E-state index in [1.54, 1.807) is 6.20 Å². The molecule has 146 valence electrons. The molecule has 3 N–H and O–H groups in total. The zero-order valence-electron chi connectivity index (χ0n) is 15.7. The van der Waals surface area contributed by atoms with Crippen LogP contribution in [0.4, 0.5) is 10.9 Å². The van der Waals surface area contributed by atoms with Crippen LogP contribution in [0.1, 0.15) is 44.7 Å². The zero-order chi connectivity index (χ0) is 19.4. The van der Waals surface area contributed by atoms with E-state index in [4.69, 9.17) is 22.3 Å². The van der Waals surface area contributed by atoms with E-state index in [1.807, 2.05) is 23.1 Å². The Morgan fingerprint density at radius 3 is 2.78 bits per heavy atom. The van der Waals surface area contributed by atoms with E-state index in [0.29, 0.717) is 16.2 Å². The number of anilines is 2. The number of aromatic nitrogens is 2. The van der Waals surface area contributed by atoms with Crippen LogP contribution >= 0.6 is 22.9 Å². The van der Waals surface area contributed by atoms with E-state index < -0.39 is 6.04 Å². The topological polar surface area (TPSA) is 84.1 Å². The number of piperidine rings is 1. The Morgan fingerprint density at radius 1 is 1.41 bits per heavy atom. The van der Waals surface area contributed by atoms with Crippen LogP contribution in [-0.4, -0.2) is 39.9 Å². The SMILES string of the molecule is CC(C)CC(N)C(=O)N1CCC(c2cccc(Nc3ncc(Cl)s3)n2)CC1. The zero-order valence-corrected chi connectivity index (χ0v) is 17.3. The van der Waals surface area contributed by atoms with Gasteiger partial charge in [-0.15, -0.1) is 0 Å². The number of hydrogen-bond donors (Lipinski definition) is 2. The fraction of sp³-hybridized carbons (Fsp3) is 0.526. The molecule has 27 heavy (non-hydrogen) atoms. The van der Waals surface area contributed by atoms with Crippen molar-refractivity contribution in [3.05, 3.63) is 34.4 Å². The third kappa shape index (κ3) is 5.40. The average Bonchev–Trinajstić information content (AvgIpc) is 3.05. The monoisotopic (exact) mass is 407 g/mol. The van der Waals surface area contributed by atoms with E-state index in [-0.39, 0.29) is 5.91 Å². The van der Waals surface area contributed by atoms with Gasteiger partial charge in [0.2, 0.25) is 5.91 Å². The molecule has 2 aromatic rings. The summed E-state index contributed by atoms with van der Waals surface area (Å²) in [5.41, 5.74) is 7.11. The molecule has 3 rings (SSSR count). The summed E-state index contributed by atoms with van der Waals surface area (Å²) in [5, 5.41) is 3.92. The first-order chi connectivity index (χ1) is 12.9. The standard InChI is InChI=1S/C19H26ClN5OS/c1-12(2)10-14(21)18(26)25-8-6-13(7-9-25)15-4-3-5-17(23-15)24-19-22-11-16(20)27-19/h3-5,11-14H,6-10,21H2,1-2H3,(H,22,23,24). The van der Waals surface area contributed by atoms with Crippen LogP contribution in [0.15, 0.2) is 24.4 Å². The average molecular weight is 408 g/mol. The normalized spacial score (nSPS) is 16.6. The smallest absolute Gasteiger partial charge is 0.239 e. The van der Waals surface area contributed by atoms with Gasteiger partial charge in [-0.1, -0.05) is 42.9 Å². The fourth-order valence-electron chi connectivity index (χ4n) is 3.41. The Morgan fingerprint density at radius 2 is 2.15 bits per heavy atom. The second-order valence-electron chi connectivity index (χ2n) is 7.38. The minimum absolute atomic E-state index is 0.0752. The first-order valence-corrected chi connectivity index (χ1v) is 10.5. The van der Waals surface area contributed by atoms with Crippen LogP contribution in [0.2, 0.25) is 4.34 Å². The number of halogens is 1. The van der Waals surface area contributed by atoms with Crippen molar-refractivity contribution in [1.29, 1.82) is 0 Å². The number of carbonyl (C=O) groups excluding carboxylic acids is 1. The summed E-state index contributed by atoms with van der Waals surface area (Å²) in [6.45, 7) is 5.64. The van der Waals surface area contributed by atoms with E-state index in [9.17, 15) is 4.79 Å². The van der Waals surface area contributed by atoms with Crippen molar-refractivity contribution >= 4 is 39.8 Å². The van der Waals surface area contributed by atoms with Gasteiger partial charge in [-0.2, -0.15) is 0 Å². The number of thiazole rings is 1. The van der Waals surface area contributed by atoms with Gasteiger partial charge in [0.1, 0.15) is 10.2 Å². The maximum atomic E-state index is 12.5. The van der Waals surface area contributed by atoms with Gasteiger partial charge in [0, 0.05) is 24.7 Å². The van der Waals surface area contributed by atoms with E-state index in [1.165, 1.54) is 11.3 Å². The maximum Gasteiger partial charge on any atom is 0.239 e. The van der Waals surface area contributed by atoms with Gasteiger partial charge in [0.25, 0.3) is 0 Å². The Hall–Kier alpha value is -1.70. The molecule has 1 aliphatic rings. The molecule has 0 aliphatic carbocycles. The lowest BCUT2D eigenvalue weighted by atomic mass is 9.92. The first kappa shape index (κ1) is 20.0. The molecule has 0 bridgehead atoms. The molecule has 8 heteroatoms. The van der Waals surface area contributed by atoms with Crippen LogP contribution in [-0.2, 0) is 4.79 Å². The lowest BCUT2D eigenvalue weighted by Gasteiger charge is -2.33. The summed E-state index contributed by atoms with van der Waals surface area (Å²) in [7, 11) is 0. The quantitative estimate of drug-likeness (QED) is 0.755. The fourth-order valence-corrected chi connectivity index (χ4v) is 4.23. The van der Waals surface area contributed by atoms with Crippen LogP contribution in [0.25, 0.3) is 0 Å². The Balaban J connectivity index is 1.58. The summed E-state index contributed by atoms with van der Waals surface area (Å²) in [6, 6.07) is 5.57. The molecule has 1 amide bonds. The van der Waals surface area contributed by atoms with Crippen LogP contribution < -0.4 is 11.1 Å². The maximum absolute atomic E-state index is 12.5. The van der Waals surface area contributed by atoms with Crippen molar-refractivity contribution in [2.24, 2.45) is 11.7 Å². The predicted molar refractivity (Wildman–Crippen MR) is 111 cm³/mol. The Bertz CT molecular complexity index is 773. The highest BCUT2D eigenvalue weighted by Gasteiger charge is 2.27. The van der Waals surface area contributed by atoms with Gasteiger partial charge in [0.15, 0.2) is 5.13 Å². The van der Waals surface area contributed by atoms with E-state index >= 15 is 0 Å². The first-order valence-electron chi connectivity index (χ1n) is 9.32. The summed E-state index contributed by atoms with van der Waals surface area (Å²) < 4.78 is 0.640. The number of nitrogens with two attached hydrogens (primary N) is 1. The van der Waals surface area contributed by atoms with Crippen molar-refractivity contribution in [2.45, 2.75) is 45.1 Å². The second-order valence-corrected chi connectivity index (χ2v) is 9.04. The molecule has 0 spiro atoms.